The molecule has 0 saturated heterocycles. The number of ether oxygens (including phenoxy) is 1. The molecule has 1 aromatic carbocycles. The number of hydrogen-bond acceptors (Lipinski definition) is 5. The molecule has 1 aliphatic heterocycles. The number of carbonyl (C=O) groups excluding carboxylic acids is 2. The molecule has 3 rings (SSSR count). The van der Waals surface area contributed by atoms with Crippen LogP contribution < -0.4 is 4.74 Å². The lowest BCUT2D eigenvalue weighted by atomic mass is 10.2. The molecule has 0 unspecified atom stereocenters. The standard InChI is InChI=1S/C15H12O3S2/c1-2-14(17)18-9-6-7-11-13(8-9)20-15-10(16)4-3-5-12(15)19-11/h3,5-8H,2,4H2,1H3. The monoisotopic (exact) mass is 304 g/mol. The van der Waals surface area contributed by atoms with Gasteiger partial charge in [-0.1, -0.05) is 42.6 Å². The summed E-state index contributed by atoms with van der Waals surface area (Å²) in [5.74, 6) is 0.433. The van der Waals surface area contributed by atoms with Crippen molar-refractivity contribution in [1.29, 1.82) is 0 Å². The number of carbonyl (C=O) groups is 2. The van der Waals surface area contributed by atoms with Crippen LogP contribution in [-0.2, 0) is 9.59 Å². The zero-order valence-electron chi connectivity index (χ0n) is 10.8. The van der Waals surface area contributed by atoms with Crippen molar-refractivity contribution in [2.45, 2.75) is 29.6 Å². The summed E-state index contributed by atoms with van der Waals surface area (Å²) in [6.07, 6.45) is 4.71. The Bertz CT molecular complexity index is 659. The Morgan fingerprint density at radius 2 is 2.15 bits per heavy atom. The van der Waals surface area contributed by atoms with Gasteiger partial charge in [0.2, 0.25) is 0 Å². The van der Waals surface area contributed by atoms with E-state index in [4.69, 9.17) is 4.74 Å². The number of thioether (sulfide) groups is 2. The lowest BCUT2D eigenvalue weighted by Crippen LogP contribution is -2.08. The van der Waals surface area contributed by atoms with Crippen molar-refractivity contribution in [3.63, 3.8) is 0 Å². The number of ketones is 1. The fraction of sp³-hybridized carbons (Fsp3) is 0.200. The first-order valence-corrected chi connectivity index (χ1v) is 7.95. The third-order valence-electron chi connectivity index (χ3n) is 2.92. The van der Waals surface area contributed by atoms with Gasteiger partial charge in [-0.2, -0.15) is 0 Å². The second kappa shape index (κ2) is 5.50. The van der Waals surface area contributed by atoms with Crippen molar-refractivity contribution in [2.24, 2.45) is 0 Å². The Balaban J connectivity index is 1.89. The number of benzene rings is 1. The summed E-state index contributed by atoms with van der Waals surface area (Å²) in [6.45, 7) is 1.76. The number of rotatable bonds is 2. The summed E-state index contributed by atoms with van der Waals surface area (Å²) in [7, 11) is 0. The number of allylic oxidation sites excluding steroid dienone is 3. The fourth-order valence-corrected chi connectivity index (χ4v) is 4.25. The quantitative estimate of drug-likeness (QED) is 0.611. The molecule has 0 spiro atoms. The summed E-state index contributed by atoms with van der Waals surface area (Å²) in [5, 5.41) is 0. The summed E-state index contributed by atoms with van der Waals surface area (Å²) < 4.78 is 5.22. The number of fused-ring (bicyclic) bond motifs is 1. The number of esters is 1. The molecule has 5 heteroatoms. The molecule has 0 saturated carbocycles. The van der Waals surface area contributed by atoms with Crippen molar-refractivity contribution < 1.29 is 14.3 Å². The Hall–Kier alpha value is -1.46. The molecular formula is C15H12O3S2. The summed E-state index contributed by atoms with van der Waals surface area (Å²) in [5.41, 5.74) is 0. The molecular weight excluding hydrogens is 292 g/mol. The molecule has 20 heavy (non-hydrogen) atoms. The van der Waals surface area contributed by atoms with Crippen LogP contribution in [0.25, 0.3) is 0 Å². The van der Waals surface area contributed by atoms with Crippen LogP contribution in [0, 0.1) is 0 Å². The van der Waals surface area contributed by atoms with Gasteiger partial charge < -0.3 is 4.74 Å². The van der Waals surface area contributed by atoms with E-state index in [1.54, 1.807) is 24.8 Å². The summed E-state index contributed by atoms with van der Waals surface area (Å²) >= 11 is 3.05. The molecule has 1 aliphatic carbocycles. The molecule has 102 valence electrons. The van der Waals surface area contributed by atoms with Gasteiger partial charge in [0.25, 0.3) is 0 Å². The van der Waals surface area contributed by atoms with Crippen LogP contribution in [0.15, 0.2) is 50.0 Å². The van der Waals surface area contributed by atoms with Crippen molar-refractivity contribution in [2.75, 3.05) is 0 Å². The van der Waals surface area contributed by atoms with Gasteiger partial charge in [-0.3, -0.25) is 9.59 Å². The molecule has 0 N–H and O–H groups in total. The van der Waals surface area contributed by atoms with E-state index in [0.717, 1.165) is 19.6 Å². The average molecular weight is 304 g/mol. The van der Waals surface area contributed by atoms with E-state index in [9.17, 15) is 9.59 Å². The normalized spacial score (nSPS) is 16.8. The molecule has 0 aromatic heterocycles. The maximum Gasteiger partial charge on any atom is 0.310 e. The zero-order chi connectivity index (χ0) is 14.1. The van der Waals surface area contributed by atoms with E-state index in [0.29, 0.717) is 18.6 Å². The van der Waals surface area contributed by atoms with Crippen LogP contribution in [0.4, 0.5) is 0 Å². The molecule has 2 aliphatic rings. The van der Waals surface area contributed by atoms with E-state index in [2.05, 4.69) is 0 Å². The van der Waals surface area contributed by atoms with Gasteiger partial charge >= 0.3 is 5.97 Å². The van der Waals surface area contributed by atoms with E-state index in [1.807, 2.05) is 24.3 Å². The van der Waals surface area contributed by atoms with Gasteiger partial charge in [0.1, 0.15) is 5.75 Å². The maximum atomic E-state index is 11.9. The third kappa shape index (κ3) is 2.55. The molecule has 0 amide bonds. The molecule has 3 nitrogen and oxygen atoms in total. The molecule has 1 aromatic rings. The summed E-state index contributed by atoms with van der Waals surface area (Å²) in [6, 6.07) is 5.55. The largest absolute Gasteiger partial charge is 0.426 e. The molecule has 0 fully saturated rings. The van der Waals surface area contributed by atoms with Gasteiger partial charge in [-0.05, 0) is 18.2 Å². The molecule has 0 radical (unpaired) electrons. The van der Waals surface area contributed by atoms with E-state index >= 15 is 0 Å². The maximum absolute atomic E-state index is 11.9. The Morgan fingerprint density at radius 3 is 2.95 bits per heavy atom. The SMILES string of the molecule is CCC(=O)Oc1ccc2c(c1)SC1=C(C=CCC1=O)S2. The third-order valence-corrected chi connectivity index (χ3v) is 5.52. The minimum atomic E-state index is -0.255. The van der Waals surface area contributed by atoms with E-state index in [-0.39, 0.29) is 11.8 Å². The number of Topliss-reactive ketones (excluding diaryl/α,β-unsaturated/α-hetero) is 1. The van der Waals surface area contributed by atoms with Crippen molar-refractivity contribution in [3.8, 4) is 5.75 Å². The molecule has 0 atom stereocenters. The highest BCUT2D eigenvalue weighted by Gasteiger charge is 2.25. The smallest absolute Gasteiger partial charge is 0.310 e. The Labute approximate surface area is 125 Å². The topological polar surface area (TPSA) is 43.4 Å². The predicted octanol–water partition coefficient (Wildman–Crippen LogP) is 3.94. The van der Waals surface area contributed by atoms with Gasteiger partial charge in [-0.15, -0.1) is 0 Å². The Morgan fingerprint density at radius 1 is 1.30 bits per heavy atom. The minimum Gasteiger partial charge on any atom is -0.426 e. The average Bonchev–Trinajstić information content (AvgIpc) is 2.46. The number of hydrogen-bond donors (Lipinski definition) is 0. The fourth-order valence-electron chi connectivity index (χ4n) is 1.91. The van der Waals surface area contributed by atoms with Crippen LogP contribution in [0.5, 0.6) is 5.75 Å². The first kappa shape index (κ1) is 13.5. The lowest BCUT2D eigenvalue weighted by Gasteiger charge is -2.21. The predicted molar refractivity (Wildman–Crippen MR) is 79.9 cm³/mol. The van der Waals surface area contributed by atoms with Crippen LogP contribution in [0.1, 0.15) is 19.8 Å². The first-order chi connectivity index (χ1) is 9.67. The van der Waals surface area contributed by atoms with Gasteiger partial charge in [-0.25, -0.2) is 0 Å². The van der Waals surface area contributed by atoms with E-state index in [1.165, 1.54) is 11.8 Å². The van der Waals surface area contributed by atoms with Crippen molar-refractivity contribution in [1.82, 2.24) is 0 Å². The highest BCUT2D eigenvalue weighted by Crippen LogP contribution is 2.49. The van der Waals surface area contributed by atoms with Crippen LogP contribution in [0.3, 0.4) is 0 Å². The van der Waals surface area contributed by atoms with Crippen LogP contribution >= 0.6 is 23.5 Å². The molecule has 0 bridgehead atoms. The zero-order valence-corrected chi connectivity index (χ0v) is 12.5. The van der Waals surface area contributed by atoms with Gasteiger partial charge in [0.15, 0.2) is 5.78 Å². The van der Waals surface area contributed by atoms with Gasteiger partial charge in [0, 0.05) is 27.5 Å². The lowest BCUT2D eigenvalue weighted by molar-refractivity contribution is -0.134. The van der Waals surface area contributed by atoms with E-state index < -0.39 is 0 Å². The highest BCUT2D eigenvalue weighted by atomic mass is 32.2. The molecule has 1 heterocycles. The second-order valence-electron chi connectivity index (χ2n) is 4.36. The minimum absolute atomic E-state index is 0.154. The summed E-state index contributed by atoms with van der Waals surface area (Å²) in [4.78, 5) is 27.1. The van der Waals surface area contributed by atoms with Crippen molar-refractivity contribution >= 4 is 35.3 Å². The Kier molecular flexibility index (Phi) is 3.72. The van der Waals surface area contributed by atoms with Crippen LogP contribution in [0.2, 0.25) is 0 Å². The van der Waals surface area contributed by atoms with Gasteiger partial charge in [0.05, 0.1) is 4.91 Å². The first-order valence-electron chi connectivity index (χ1n) is 6.32. The second-order valence-corrected chi connectivity index (χ2v) is 6.50. The van der Waals surface area contributed by atoms with Crippen molar-refractivity contribution in [3.05, 3.63) is 40.2 Å². The van der Waals surface area contributed by atoms with Crippen LogP contribution in [-0.4, -0.2) is 11.8 Å². The highest BCUT2D eigenvalue weighted by molar-refractivity contribution is 8.10.